The van der Waals surface area contributed by atoms with Gasteiger partial charge < -0.3 is 10.1 Å². The van der Waals surface area contributed by atoms with Crippen molar-refractivity contribution < 1.29 is 22.7 Å². The largest absolute Gasteiger partial charge is 0.373 e. The van der Waals surface area contributed by atoms with Crippen molar-refractivity contribution in [2.24, 2.45) is 0 Å². The van der Waals surface area contributed by atoms with Crippen molar-refractivity contribution in [2.75, 3.05) is 25.0 Å². The molecule has 0 unspecified atom stereocenters. The highest BCUT2D eigenvalue weighted by Crippen LogP contribution is 2.33. The molecule has 2 aliphatic heterocycles. The Kier molecular flexibility index (Phi) is 9.21. The highest BCUT2D eigenvalue weighted by atomic mass is 32.2. The Labute approximate surface area is 246 Å². The Morgan fingerprint density at radius 1 is 1.07 bits per heavy atom. The van der Waals surface area contributed by atoms with Crippen LogP contribution in [-0.2, 0) is 29.8 Å². The molecule has 0 saturated carbocycles. The zero-order valence-electron chi connectivity index (χ0n) is 23.3. The zero-order chi connectivity index (χ0) is 29.2. The van der Waals surface area contributed by atoms with E-state index in [-0.39, 0.29) is 47.3 Å². The van der Waals surface area contributed by atoms with Crippen LogP contribution in [-0.4, -0.2) is 65.6 Å². The zero-order valence-corrected chi connectivity index (χ0v) is 25.8. The number of morpholine rings is 1. The van der Waals surface area contributed by atoms with Gasteiger partial charge in [0.1, 0.15) is 4.32 Å². The van der Waals surface area contributed by atoms with Crippen molar-refractivity contribution in [3.63, 3.8) is 0 Å². The second kappa shape index (κ2) is 12.1. The Morgan fingerprint density at radius 2 is 1.68 bits per heavy atom. The lowest BCUT2D eigenvalue weighted by Gasteiger charge is -2.34. The predicted molar refractivity (Wildman–Crippen MR) is 163 cm³/mol. The van der Waals surface area contributed by atoms with Crippen LogP contribution < -0.4 is 5.32 Å². The van der Waals surface area contributed by atoms with Gasteiger partial charge in [0, 0.05) is 31.7 Å². The molecule has 1 N–H and O–H groups in total. The van der Waals surface area contributed by atoms with Gasteiger partial charge in [0.2, 0.25) is 15.9 Å². The fourth-order valence-corrected chi connectivity index (χ4v) is 7.45. The van der Waals surface area contributed by atoms with E-state index in [4.69, 9.17) is 17.0 Å². The molecule has 2 saturated heterocycles. The number of hydrogen-bond acceptors (Lipinski definition) is 7. The molecule has 2 aromatic rings. The minimum absolute atomic E-state index is 0.0445. The molecule has 0 aliphatic carbocycles. The van der Waals surface area contributed by atoms with E-state index in [1.165, 1.54) is 38.7 Å². The van der Waals surface area contributed by atoms with Gasteiger partial charge in [-0.25, -0.2) is 8.42 Å². The number of rotatable bonds is 7. The van der Waals surface area contributed by atoms with Gasteiger partial charge in [-0.15, -0.1) is 0 Å². The van der Waals surface area contributed by atoms with Gasteiger partial charge in [0.05, 0.1) is 22.0 Å². The number of hydrogen-bond donors (Lipinski definition) is 1. The maximum absolute atomic E-state index is 13.0. The quantitative estimate of drug-likeness (QED) is 0.352. The van der Waals surface area contributed by atoms with E-state index >= 15 is 0 Å². The summed E-state index contributed by atoms with van der Waals surface area (Å²) in [6.07, 6.45) is 1.50. The van der Waals surface area contributed by atoms with Crippen molar-refractivity contribution in [2.45, 2.75) is 63.6 Å². The molecule has 40 heavy (non-hydrogen) atoms. The molecule has 2 aliphatic rings. The topological polar surface area (TPSA) is 96.0 Å². The SMILES string of the molecule is C[C@@H]1CN(S(=O)(=O)c2ccc(NC(=O)CCN3C(=O)/C(=C/c4ccc(C(C)(C)C)cc4)SC3=S)cc2)C[C@H](C)O1. The van der Waals surface area contributed by atoms with Crippen molar-refractivity contribution in [1.82, 2.24) is 9.21 Å². The van der Waals surface area contributed by atoms with Crippen LogP contribution in [0.1, 0.15) is 52.2 Å². The maximum Gasteiger partial charge on any atom is 0.266 e. The van der Waals surface area contributed by atoms with E-state index < -0.39 is 10.0 Å². The van der Waals surface area contributed by atoms with Gasteiger partial charge in [-0.05, 0) is 60.7 Å². The number of amides is 2. The summed E-state index contributed by atoms with van der Waals surface area (Å²) in [5.74, 6) is -0.522. The van der Waals surface area contributed by atoms with E-state index in [2.05, 4.69) is 38.2 Å². The smallest absolute Gasteiger partial charge is 0.266 e. The van der Waals surface area contributed by atoms with Crippen LogP contribution in [0.25, 0.3) is 6.08 Å². The van der Waals surface area contributed by atoms with Gasteiger partial charge >= 0.3 is 0 Å². The molecule has 2 amide bonds. The highest BCUT2D eigenvalue weighted by Gasteiger charge is 2.33. The number of benzene rings is 2. The molecule has 0 aromatic heterocycles. The molecule has 2 atom stereocenters. The summed E-state index contributed by atoms with van der Waals surface area (Å²) < 4.78 is 33.6. The molecule has 2 aromatic carbocycles. The van der Waals surface area contributed by atoms with Crippen LogP contribution in [0.4, 0.5) is 5.69 Å². The van der Waals surface area contributed by atoms with Crippen molar-refractivity contribution >= 4 is 61.9 Å². The number of nitrogens with zero attached hydrogens (tertiary/aromatic N) is 2. The van der Waals surface area contributed by atoms with E-state index in [0.717, 1.165) is 5.56 Å². The predicted octanol–water partition coefficient (Wildman–Crippen LogP) is 5.01. The van der Waals surface area contributed by atoms with Crippen molar-refractivity contribution in [1.29, 1.82) is 0 Å². The lowest BCUT2D eigenvalue weighted by atomic mass is 9.87. The fourth-order valence-electron chi connectivity index (χ4n) is 4.55. The van der Waals surface area contributed by atoms with Gasteiger partial charge in [-0.3, -0.25) is 14.5 Å². The van der Waals surface area contributed by atoms with Gasteiger partial charge in [-0.1, -0.05) is 69.0 Å². The second-order valence-electron chi connectivity index (χ2n) is 11.1. The summed E-state index contributed by atoms with van der Waals surface area (Å²) in [4.78, 5) is 27.7. The van der Waals surface area contributed by atoms with E-state index in [0.29, 0.717) is 28.0 Å². The summed E-state index contributed by atoms with van der Waals surface area (Å²) in [5.41, 5.74) is 2.63. The molecule has 4 rings (SSSR count). The van der Waals surface area contributed by atoms with Crippen LogP contribution in [0.15, 0.2) is 58.3 Å². The van der Waals surface area contributed by atoms with Crippen molar-refractivity contribution in [3.05, 3.63) is 64.6 Å². The molecule has 0 radical (unpaired) electrons. The van der Waals surface area contributed by atoms with Gasteiger partial charge in [-0.2, -0.15) is 4.31 Å². The normalized spacial score (nSPS) is 21.7. The Morgan fingerprint density at radius 3 is 2.25 bits per heavy atom. The third-order valence-electron chi connectivity index (χ3n) is 6.67. The molecule has 8 nitrogen and oxygen atoms in total. The first-order chi connectivity index (χ1) is 18.7. The first-order valence-electron chi connectivity index (χ1n) is 13.2. The summed E-state index contributed by atoms with van der Waals surface area (Å²) >= 11 is 6.63. The summed E-state index contributed by atoms with van der Waals surface area (Å²) in [6, 6.07) is 14.2. The molecule has 2 heterocycles. The molecular formula is C29H35N3O5S3. The lowest BCUT2D eigenvalue weighted by Crippen LogP contribution is -2.48. The highest BCUT2D eigenvalue weighted by molar-refractivity contribution is 8.26. The Bertz CT molecular complexity index is 1400. The summed E-state index contributed by atoms with van der Waals surface area (Å²) in [7, 11) is -3.67. The number of thioether (sulfide) groups is 1. The van der Waals surface area contributed by atoms with Crippen LogP contribution >= 0.6 is 24.0 Å². The maximum atomic E-state index is 13.0. The molecule has 2 fully saturated rings. The number of carbonyl (C=O) groups excluding carboxylic acids is 2. The van der Waals surface area contributed by atoms with Crippen molar-refractivity contribution in [3.8, 4) is 0 Å². The molecule has 214 valence electrons. The number of thiocarbonyl (C=S) groups is 1. The minimum Gasteiger partial charge on any atom is -0.373 e. The van der Waals surface area contributed by atoms with Crippen LogP contribution in [0.2, 0.25) is 0 Å². The number of nitrogens with one attached hydrogen (secondary N) is 1. The standard InChI is InChI=1S/C29H35N3O5S3/c1-19-17-31(18-20(2)37-19)40(35,36)24-12-10-23(11-13-24)30-26(33)14-15-32-27(34)25(39-28(32)38)16-21-6-8-22(9-7-21)29(3,4)5/h6-13,16,19-20H,14-15,17-18H2,1-5H3,(H,30,33)/b25-16-/t19-,20+. The lowest BCUT2D eigenvalue weighted by molar-refractivity contribution is -0.122. The molecular weight excluding hydrogens is 567 g/mol. The van der Waals surface area contributed by atoms with E-state index in [1.54, 1.807) is 12.1 Å². The summed E-state index contributed by atoms with van der Waals surface area (Å²) in [6.45, 7) is 10.9. The Hall–Kier alpha value is -2.57. The first kappa shape index (κ1) is 30.4. The molecule has 11 heteroatoms. The van der Waals surface area contributed by atoms with Gasteiger partial charge in [0.25, 0.3) is 5.91 Å². The molecule has 0 spiro atoms. The van der Waals surface area contributed by atoms with Crippen LogP contribution in [0.5, 0.6) is 0 Å². The summed E-state index contributed by atoms with van der Waals surface area (Å²) in [5, 5.41) is 2.77. The average molecular weight is 602 g/mol. The number of carbonyl (C=O) groups is 2. The fraction of sp³-hybridized carbons (Fsp3) is 0.414. The average Bonchev–Trinajstić information content (AvgIpc) is 3.14. The van der Waals surface area contributed by atoms with E-state index in [9.17, 15) is 18.0 Å². The van der Waals surface area contributed by atoms with Crippen LogP contribution in [0.3, 0.4) is 0 Å². The third kappa shape index (κ3) is 7.19. The second-order valence-corrected chi connectivity index (χ2v) is 14.7. The third-order valence-corrected chi connectivity index (χ3v) is 9.90. The monoisotopic (exact) mass is 601 g/mol. The number of ether oxygens (including phenoxy) is 1. The number of anilines is 1. The van der Waals surface area contributed by atoms with Crippen LogP contribution in [0, 0.1) is 0 Å². The first-order valence-corrected chi connectivity index (χ1v) is 15.8. The van der Waals surface area contributed by atoms with Gasteiger partial charge in [0.15, 0.2) is 0 Å². The number of sulfonamides is 1. The van der Waals surface area contributed by atoms with E-state index in [1.807, 2.05) is 32.1 Å². The molecule has 0 bridgehead atoms. The Balaban J connectivity index is 1.32. The minimum atomic E-state index is -3.67.